The Bertz CT molecular complexity index is 500. The molecule has 1 aromatic heterocycles. The first-order valence-corrected chi connectivity index (χ1v) is 6.03. The number of pyridine rings is 1. The van der Waals surface area contributed by atoms with E-state index in [-0.39, 0.29) is 6.04 Å². The molecule has 2 aromatic rings. The summed E-state index contributed by atoms with van der Waals surface area (Å²) in [7, 11) is 0. The van der Waals surface area contributed by atoms with Gasteiger partial charge in [0.2, 0.25) is 0 Å². The number of benzene rings is 1. The highest BCUT2D eigenvalue weighted by Crippen LogP contribution is 2.24. The Labute approximate surface area is 110 Å². The maximum absolute atomic E-state index is 6.08. The molecule has 1 heterocycles. The zero-order chi connectivity index (χ0) is 12.3. The summed E-state index contributed by atoms with van der Waals surface area (Å²) >= 11 is 11.8. The Balaban J connectivity index is 2.13. The second-order valence-electron chi connectivity index (χ2n) is 3.81. The van der Waals surface area contributed by atoms with Crippen LogP contribution in [0.1, 0.15) is 17.3 Å². The number of hydrogen-bond donors (Lipinski definition) is 1. The molecule has 0 radical (unpaired) electrons. The van der Waals surface area contributed by atoms with Gasteiger partial charge in [0.05, 0.1) is 21.8 Å². The third-order valence-electron chi connectivity index (χ3n) is 2.51. The van der Waals surface area contributed by atoms with Gasteiger partial charge < -0.3 is 5.73 Å². The normalized spacial score (nSPS) is 12.4. The van der Waals surface area contributed by atoms with Gasteiger partial charge in [-0.1, -0.05) is 35.3 Å². The average molecular weight is 267 g/mol. The van der Waals surface area contributed by atoms with Gasteiger partial charge >= 0.3 is 0 Å². The van der Waals surface area contributed by atoms with Crippen molar-refractivity contribution in [3.63, 3.8) is 0 Å². The smallest absolute Gasteiger partial charge is 0.0595 e. The zero-order valence-electron chi connectivity index (χ0n) is 9.11. The first-order chi connectivity index (χ1) is 8.16. The number of nitrogens with zero attached hydrogens (tertiary/aromatic N) is 1. The average Bonchev–Trinajstić information content (AvgIpc) is 2.35. The highest BCUT2D eigenvalue weighted by molar-refractivity contribution is 6.42. The van der Waals surface area contributed by atoms with Crippen LogP contribution in [0.15, 0.2) is 42.6 Å². The second kappa shape index (κ2) is 5.50. The molecule has 0 saturated carbocycles. The summed E-state index contributed by atoms with van der Waals surface area (Å²) in [5.41, 5.74) is 8.00. The van der Waals surface area contributed by atoms with Gasteiger partial charge in [-0.2, -0.15) is 0 Å². The van der Waals surface area contributed by atoms with Gasteiger partial charge in [-0.25, -0.2) is 0 Å². The molecule has 2 rings (SSSR count). The summed E-state index contributed by atoms with van der Waals surface area (Å²) in [5, 5.41) is 1.11. The fraction of sp³-hybridized carbons (Fsp3) is 0.154. The second-order valence-corrected chi connectivity index (χ2v) is 4.63. The van der Waals surface area contributed by atoms with Crippen molar-refractivity contribution in [2.75, 3.05) is 0 Å². The Morgan fingerprint density at radius 3 is 2.59 bits per heavy atom. The minimum Gasteiger partial charge on any atom is -0.322 e. The van der Waals surface area contributed by atoms with Crippen molar-refractivity contribution < 1.29 is 0 Å². The van der Waals surface area contributed by atoms with Crippen LogP contribution in [0.5, 0.6) is 0 Å². The summed E-state index contributed by atoms with van der Waals surface area (Å²) in [6.45, 7) is 0. The first-order valence-electron chi connectivity index (χ1n) is 5.27. The van der Waals surface area contributed by atoms with Crippen LogP contribution in [-0.2, 0) is 6.42 Å². The van der Waals surface area contributed by atoms with Gasteiger partial charge in [0, 0.05) is 6.20 Å². The maximum Gasteiger partial charge on any atom is 0.0595 e. The third kappa shape index (κ3) is 3.19. The molecule has 0 amide bonds. The quantitative estimate of drug-likeness (QED) is 0.922. The van der Waals surface area contributed by atoms with E-state index in [2.05, 4.69) is 4.98 Å². The SMILES string of the molecule is NC(Cc1ccc(Cl)c(Cl)c1)c1ccccn1. The van der Waals surface area contributed by atoms with Crippen LogP contribution in [-0.4, -0.2) is 4.98 Å². The van der Waals surface area contributed by atoms with Crippen molar-refractivity contribution in [1.82, 2.24) is 4.98 Å². The van der Waals surface area contributed by atoms with Crippen molar-refractivity contribution in [1.29, 1.82) is 0 Å². The minimum absolute atomic E-state index is 0.131. The van der Waals surface area contributed by atoms with E-state index in [0.29, 0.717) is 16.5 Å². The van der Waals surface area contributed by atoms with Crippen LogP contribution in [0.3, 0.4) is 0 Å². The van der Waals surface area contributed by atoms with Crippen LogP contribution in [0, 0.1) is 0 Å². The topological polar surface area (TPSA) is 38.9 Å². The fourth-order valence-corrected chi connectivity index (χ4v) is 1.94. The summed E-state index contributed by atoms with van der Waals surface area (Å²) in [5.74, 6) is 0. The van der Waals surface area contributed by atoms with Crippen LogP contribution in [0.4, 0.5) is 0 Å². The fourth-order valence-electron chi connectivity index (χ4n) is 1.62. The van der Waals surface area contributed by atoms with Crippen molar-refractivity contribution in [3.8, 4) is 0 Å². The maximum atomic E-state index is 6.08. The van der Waals surface area contributed by atoms with E-state index in [4.69, 9.17) is 28.9 Å². The molecule has 0 fully saturated rings. The molecule has 88 valence electrons. The van der Waals surface area contributed by atoms with E-state index in [1.54, 1.807) is 12.3 Å². The van der Waals surface area contributed by atoms with Crippen molar-refractivity contribution >= 4 is 23.2 Å². The van der Waals surface area contributed by atoms with Crippen molar-refractivity contribution in [2.45, 2.75) is 12.5 Å². The molecule has 17 heavy (non-hydrogen) atoms. The molecule has 0 aliphatic rings. The van der Waals surface area contributed by atoms with E-state index in [1.165, 1.54) is 0 Å². The minimum atomic E-state index is -0.131. The number of nitrogens with two attached hydrogens (primary N) is 1. The molecule has 0 spiro atoms. The Morgan fingerprint density at radius 1 is 1.12 bits per heavy atom. The van der Waals surface area contributed by atoms with E-state index < -0.39 is 0 Å². The molecule has 0 aliphatic carbocycles. The zero-order valence-corrected chi connectivity index (χ0v) is 10.6. The lowest BCUT2D eigenvalue weighted by atomic mass is 10.0. The van der Waals surface area contributed by atoms with E-state index >= 15 is 0 Å². The molecule has 2 nitrogen and oxygen atoms in total. The van der Waals surface area contributed by atoms with Gasteiger partial charge in [0.25, 0.3) is 0 Å². The van der Waals surface area contributed by atoms with Crippen LogP contribution >= 0.6 is 23.2 Å². The van der Waals surface area contributed by atoms with Gasteiger partial charge in [0.1, 0.15) is 0 Å². The summed E-state index contributed by atoms with van der Waals surface area (Å²) in [6, 6.07) is 11.1. The number of hydrogen-bond acceptors (Lipinski definition) is 2. The standard InChI is InChI=1S/C13H12Cl2N2/c14-10-5-4-9(7-11(10)15)8-12(16)13-3-1-2-6-17-13/h1-7,12H,8,16H2. The van der Waals surface area contributed by atoms with Gasteiger partial charge in [0.15, 0.2) is 0 Å². The molecule has 0 aliphatic heterocycles. The summed E-state index contributed by atoms with van der Waals surface area (Å²) in [6.07, 6.45) is 2.43. The number of halogens is 2. The molecular formula is C13H12Cl2N2. The number of rotatable bonds is 3. The van der Waals surface area contributed by atoms with Gasteiger partial charge in [-0.05, 0) is 36.2 Å². The molecule has 0 bridgehead atoms. The Hall–Kier alpha value is -1.09. The highest BCUT2D eigenvalue weighted by atomic mass is 35.5. The molecule has 4 heteroatoms. The van der Waals surface area contributed by atoms with Crippen molar-refractivity contribution in [2.24, 2.45) is 5.73 Å². The van der Waals surface area contributed by atoms with Crippen LogP contribution in [0.25, 0.3) is 0 Å². The molecule has 1 aromatic carbocycles. The largest absolute Gasteiger partial charge is 0.322 e. The van der Waals surface area contributed by atoms with E-state index in [9.17, 15) is 0 Å². The molecule has 2 N–H and O–H groups in total. The molecule has 1 unspecified atom stereocenters. The van der Waals surface area contributed by atoms with Gasteiger partial charge in [-0.3, -0.25) is 4.98 Å². The van der Waals surface area contributed by atoms with Crippen LogP contribution < -0.4 is 5.73 Å². The summed E-state index contributed by atoms with van der Waals surface area (Å²) in [4.78, 5) is 4.23. The lowest BCUT2D eigenvalue weighted by Gasteiger charge is -2.11. The van der Waals surface area contributed by atoms with Crippen LogP contribution in [0.2, 0.25) is 10.0 Å². The predicted molar refractivity (Wildman–Crippen MR) is 71.3 cm³/mol. The Morgan fingerprint density at radius 2 is 1.94 bits per heavy atom. The lowest BCUT2D eigenvalue weighted by Crippen LogP contribution is -2.14. The Kier molecular flexibility index (Phi) is 4.00. The van der Waals surface area contributed by atoms with E-state index in [0.717, 1.165) is 11.3 Å². The number of aromatic nitrogens is 1. The molecule has 1 atom stereocenters. The van der Waals surface area contributed by atoms with Crippen molar-refractivity contribution in [3.05, 3.63) is 63.9 Å². The van der Waals surface area contributed by atoms with E-state index in [1.807, 2.05) is 30.3 Å². The molecule has 0 saturated heterocycles. The third-order valence-corrected chi connectivity index (χ3v) is 3.25. The highest BCUT2D eigenvalue weighted by Gasteiger charge is 2.09. The van der Waals surface area contributed by atoms with Gasteiger partial charge in [-0.15, -0.1) is 0 Å². The first kappa shape index (κ1) is 12.4. The monoisotopic (exact) mass is 266 g/mol. The predicted octanol–water partition coefficient (Wildman–Crippen LogP) is 3.63. The molecular weight excluding hydrogens is 255 g/mol. The lowest BCUT2D eigenvalue weighted by molar-refractivity contribution is 0.696. The summed E-state index contributed by atoms with van der Waals surface area (Å²) < 4.78 is 0.